The highest BCUT2D eigenvalue weighted by Crippen LogP contribution is 2.21. The Morgan fingerprint density at radius 2 is 2.03 bits per heavy atom. The van der Waals surface area contributed by atoms with Crippen molar-refractivity contribution in [3.05, 3.63) is 30.3 Å². The second kappa shape index (κ2) is 9.57. The van der Waals surface area contributed by atoms with Gasteiger partial charge in [0.05, 0.1) is 6.54 Å². The van der Waals surface area contributed by atoms with Gasteiger partial charge < -0.3 is 29.7 Å². The lowest BCUT2D eigenvalue weighted by atomic mass is 10.1. The number of ether oxygens (including phenoxy) is 2. The van der Waals surface area contributed by atoms with Crippen molar-refractivity contribution in [2.24, 2.45) is 4.99 Å². The summed E-state index contributed by atoms with van der Waals surface area (Å²) in [5, 5.41) is 16.0. The number of carbonyl (C=O) groups excluding carboxylic acids is 2. The summed E-state index contributed by atoms with van der Waals surface area (Å²) in [5.41, 5.74) is 0. The maximum atomic E-state index is 12.5. The Morgan fingerprint density at radius 3 is 2.76 bits per heavy atom. The fourth-order valence-corrected chi connectivity index (χ4v) is 3.30. The van der Waals surface area contributed by atoms with E-state index in [-0.39, 0.29) is 13.2 Å². The SMILES string of the molecule is COCCCN=C1NC2C(C(=O)NC(=O)N2C)N1CC(O)COc1ccccc1. The largest absolute Gasteiger partial charge is 0.491 e. The van der Waals surface area contributed by atoms with Gasteiger partial charge in [-0.3, -0.25) is 15.1 Å². The van der Waals surface area contributed by atoms with Crippen molar-refractivity contribution in [1.29, 1.82) is 0 Å². The van der Waals surface area contributed by atoms with Crippen molar-refractivity contribution in [2.75, 3.05) is 40.5 Å². The Labute approximate surface area is 169 Å². The lowest BCUT2D eigenvalue weighted by Gasteiger charge is -2.35. The van der Waals surface area contributed by atoms with Gasteiger partial charge >= 0.3 is 6.03 Å². The molecule has 0 bridgehead atoms. The number of imide groups is 1. The normalized spacial score (nSPS) is 23.6. The summed E-state index contributed by atoms with van der Waals surface area (Å²) in [4.78, 5) is 32.1. The van der Waals surface area contributed by atoms with Gasteiger partial charge in [0.2, 0.25) is 0 Å². The lowest BCUT2D eigenvalue weighted by Crippen LogP contribution is -2.65. The first-order chi connectivity index (χ1) is 14.0. The summed E-state index contributed by atoms with van der Waals surface area (Å²) < 4.78 is 10.6. The number of amides is 3. The fraction of sp³-hybridized carbons (Fsp3) is 0.526. The molecule has 3 atom stereocenters. The first-order valence-electron chi connectivity index (χ1n) is 9.51. The average molecular weight is 405 g/mol. The maximum absolute atomic E-state index is 12.5. The van der Waals surface area contributed by atoms with Crippen LogP contribution in [-0.4, -0.2) is 91.6 Å². The van der Waals surface area contributed by atoms with Gasteiger partial charge in [-0.05, 0) is 18.6 Å². The number of hydrogen-bond donors (Lipinski definition) is 3. The van der Waals surface area contributed by atoms with Crippen LogP contribution in [-0.2, 0) is 9.53 Å². The van der Waals surface area contributed by atoms with Crippen molar-refractivity contribution in [2.45, 2.75) is 24.7 Å². The van der Waals surface area contributed by atoms with Gasteiger partial charge in [-0.25, -0.2) is 4.79 Å². The zero-order valence-corrected chi connectivity index (χ0v) is 16.6. The monoisotopic (exact) mass is 405 g/mol. The number of carbonyl (C=O) groups is 2. The summed E-state index contributed by atoms with van der Waals surface area (Å²) in [6, 6.07) is 8.02. The minimum atomic E-state index is -0.865. The molecule has 2 saturated heterocycles. The van der Waals surface area contributed by atoms with E-state index in [2.05, 4.69) is 15.6 Å². The average Bonchev–Trinajstić information content (AvgIpc) is 3.07. The van der Waals surface area contributed by atoms with Crippen LogP contribution in [0.3, 0.4) is 0 Å². The Morgan fingerprint density at radius 1 is 1.28 bits per heavy atom. The molecule has 3 N–H and O–H groups in total. The minimum absolute atomic E-state index is 0.0608. The molecule has 10 nitrogen and oxygen atoms in total. The molecule has 1 aromatic rings. The summed E-state index contributed by atoms with van der Waals surface area (Å²) in [6.45, 7) is 1.24. The number of para-hydroxylation sites is 1. The molecule has 1 aromatic carbocycles. The van der Waals surface area contributed by atoms with Gasteiger partial charge in [0.15, 0.2) is 12.0 Å². The third-order valence-corrected chi connectivity index (χ3v) is 4.78. The highest BCUT2D eigenvalue weighted by Gasteiger charge is 2.50. The zero-order valence-electron chi connectivity index (χ0n) is 16.6. The Bertz CT molecular complexity index is 744. The molecule has 3 rings (SSSR count). The Balaban J connectivity index is 1.70. The molecule has 2 aliphatic rings. The number of aliphatic imine (C=N–C) groups is 1. The van der Waals surface area contributed by atoms with Crippen LogP contribution in [0, 0.1) is 0 Å². The van der Waals surface area contributed by atoms with Gasteiger partial charge in [0.1, 0.15) is 24.6 Å². The molecular formula is C19H27N5O5. The van der Waals surface area contributed by atoms with E-state index in [1.54, 1.807) is 31.2 Å². The van der Waals surface area contributed by atoms with E-state index in [9.17, 15) is 14.7 Å². The predicted octanol–water partition coefficient (Wildman–Crippen LogP) is -0.400. The quantitative estimate of drug-likeness (QED) is 0.479. The van der Waals surface area contributed by atoms with E-state index >= 15 is 0 Å². The molecule has 3 unspecified atom stereocenters. The fourth-order valence-electron chi connectivity index (χ4n) is 3.30. The van der Waals surface area contributed by atoms with Gasteiger partial charge in [0.25, 0.3) is 5.91 Å². The molecule has 0 saturated carbocycles. The van der Waals surface area contributed by atoms with E-state index in [0.717, 1.165) is 0 Å². The van der Waals surface area contributed by atoms with Crippen molar-refractivity contribution >= 4 is 17.9 Å². The predicted molar refractivity (Wildman–Crippen MR) is 105 cm³/mol. The van der Waals surface area contributed by atoms with Crippen molar-refractivity contribution in [1.82, 2.24) is 20.4 Å². The maximum Gasteiger partial charge on any atom is 0.325 e. The van der Waals surface area contributed by atoms with E-state index < -0.39 is 30.2 Å². The number of methoxy groups -OCH3 is 1. The number of benzene rings is 1. The molecular weight excluding hydrogens is 378 g/mol. The lowest BCUT2D eigenvalue weighted by molar-refractivity contribution is -0.127. The minimum Gasteiger partial charge on any atom is -0.491 e. The molecule has 0 aromatic heterocycles. The molecule has 158 valence electrons. The molecule has 29 heavy (non-hydrogen) atoms. The van der Waals surface area contributed by atoms with Crippen LogP contribution in [0.2, 0.25) is 0 Å². The zero-order chi connectivity index (χ0) is 20.8. The van der Waals surface area contributed by atoms with Crippen LogP contribution in [0.4, 0.5) is 4.79 Å². The van der Waals surface area contributed by atoms with Gasteiger partial charge in [-0.1, -0.05) is 18.2 Å². The van der Waals surface area contributed by atoms with Gasteiger partial charge in [-0.15, -0.1) is 0 Å². The second-order valence-corrected chi connectivity index (χ2v) is 6.92. The standard InChI is InChI=1S/C19H27N5O5/c1-23-16-15(17(26)22-19(23)27)24(18(21-16)20-9-6-10-28-2)11-13(25)12-29-14-7-4-3-5-8-14/h3-5,7-8,13,15-16,25H,6,9-12H2,1-2H3,(H,20,21)(H,22,26,27). The first kappa shape index (κ1) is 20.9. The van der Waals surface area contributed by atoms with Crippen molar-refractivity contribution < 1.29 is 24.2 Å². The first-order valence-corrected chi connectivity index (χ1v) is 9.51. The van der Waals surface area contributed by atoms with E-state index in [1.165, 1.54) is 4.90 Å². The van der Waals surface area contributed by atoms with Crippen LogP contribution in [0.15, 0.2) is 35.3 Å². The summed E-state index contributed by atoms with van der Waals surface area (Å²) in [7, 11) is 3.23. The van der Waals surface area contributed by atoms with Crippen LogP contribution < -0.4 is 15.4 Å². The molecule has 2 heterocycles. The third kappa shape index (κ3) is 4.96. The number of nitrogens with one attached hydrogen (secondary N) is 2. The molecule has 0 radical (unpaired) electrons. The topological polar surface area (TPSA) is 116 Å². The number of urea groups is 1. The molecule has 0 spiro atoms. The Kier molecular flexibility index (Phi) is 6.89. The van der Waals surface area contributed by atoms with E-state index in [1.807, 2.05) is 18.2 Å². The van der Waals surface area contributed by atoms with Crippen molar-refractivity contribution in [3.63, 3.8) is 0 Å². The number of fused-ring (bicyclic) bond motifs is 1. The highest BCUT2D eigenvalue weighted by atomic mass is 16.5. The van der Waals surface area contributed by atoms with Crippen LogP contribution in [0.1, 0.15) is 6.42 Å². The summed E-state index contributed by atoms with van der Waals surface area (Å²) in [6.07, 6.45) is -0.707. The molecule has 3 amide bonds. The van der Waals surface area contributed by atoms with E-state index in [4.69, 9.17) is 9.47 Å². The third-order valence-electron chi connectivity index (χ3n) is 4.78. The number of aliphatic hydroxyl groups is 1. The number of nitrogens with zero attached hydrogens (tertiary/aromatic N) is 3. The molecule has 2 fully saturated rings. The number of hydrogen-bond acceptors (Lipinski definition) is 6. The van der Waals surface area contributed by atoms with Crippen molar-refractivity contribution in [3.8, 4) is 5.75 Å². The Hall–Kier alpha value is -2.85. The highest BCUT2D eigenvalue weighted by molar-refractivity contribution is 6.04. The number of aliphatic hydroxyl groups excluding tert-OH is 1. The second-order valence-electron chi connectivity index (χ2n) is 6.92. The molecule has 2 aliphatic heterocycles. The number of β-amino-alcohol motifs (C(OH)–C–C–N with tert-alkyl or cyclic N) is 1. The summed E-state index contributed by atoms with van der Waals surface area (Å²) >= 11 is 0. The van der Waals surface area contributed by atoms with Crippen LogP contribution >= 0.6 is 0 Å². The van der Waals surface area contributed by atoms with Crippen LogP contribution in [0.25, 0.3) is 0 Å². The molecule has 0 aliphatic carbocycles. The number of guanidine groups is 1. The van der Waals surface area contributed by atoms with Gasteiger partial charge in [-0.2, -0.15) is 0 Å². The molecule has 10 heteroatoms. The van der Waals surface area contributed by atoms with Gasteiger partial charge in [0, 0.05) is 27.3 Å². The van der Waals surface area contributed by atoms with E-state index in [0.29, 0.717) is 31.3 Å². The smallest absolute Gasteiger partial charge is 0.325 e. The number of rotatable bonds is 9. The summed E-state index contributed by atoms with van der Waals surface area (Å²) in [5.74, 6) is 0.689. The number of likely N-dealkylation sites (N-methyl/N-ethyl adjacent to an activating group) is 1. The van der Waals surface area contributed by atoms with Crippen LogP contribution in [0.5, 0.6) is 5.75 Å².